The minimum Gasteiger partial charge on any atom is -0.400 e. The van der Waals surface area contributed by atoms with E-state index in [1.165, 1.54) is 0 Å². The van der Waals surface area contributed by atoms with Gasteiger partial charge in [0.05, 0.1) is 0 Å². The third-order valence-electron chi connectivity index (χ3n) is 1.09. The molecule has 0 aromatic heterocycles. The van der Waals surface area contributed by atoms with Crippen LogP contribution in [0.3, 0.4) is 0 Å². The molecule has 4 heteroatoms. The number of benzene rings is 1. The van der Waals surface area contributed by atoms with E-state index in [0.29, 0.717) is 10.6 Å². The van der Waals surface area contributed by atoms with Crippen LogP contribution in [0.4, 0.5) is 0 Å². The predicted octanol–water partition coefficient (Wildman–Crippen LogP) is 2.52. The van der Waals surface area contributed by atoms with Crippen LogP contribution in [0, 0.1) is 0 Å². The van der Waals surface area contributed by atoms with Gasteiger partial charge in [0.15, 0.2) is 6.29 Å². The van der Waals surface area contributed by atoms with Crippen molar-refractivity contribution in [1.29, 1.82) is 0 Å². The predicted molar refractivity (Wildman–Crippen MR) is 52.7 cm³/mol. The maximum absolute atomic E-state index is 10.3. The van der Waals surface area contributed by atoms with Gasteiger partial charge in [-0.15, -0.1) is 0 Å². The molecule has 0 amide bonds. The fourth-order valence-corrected chi connectivity index (χ4v) is 1.37. The minimum absolute atomic E-state index is 0.615. The second kappa shape index (κ2) is 6.17. The van der Waals surface area contributed by atoms with Gasteiger partial charge in [0.25, 0.3) is 0 Å². The molecule has 1 rings (SSSR count). The van der Waals surface area contributed by atoms with Crippen molar-refractivity contribution in [2.24, 2.45) is 0 Å². The van der Waals surface area contributed by atoms with Gasteiger partial charge in [-0.3, -0.25) is 4.79 Å². The summed E-state index contributed by atoms with van der Waals surface area (Å²) in [6.07, 6.45) is 0.778. The smallest absolute Gasteiger partial charge is 0.151 e. The Bertz CT molecular complexity index is 263. The van der Waals surface area contributed by atoms with Crippen LogP contribution in [0.25, 0.3) is 0 Å². The molecule has 0 aliphatic rings. The number of aldehydes is 1. The zero-order valence-electron chi connectivity index (χ0n) is 6.42. The Hall–Kier alpha value is -0.380. The van der Waals surface area contributed by atoms with E-state index in [1.54, 1.807) is 18.2 Å². The maximum atomic E-state index is 10.3. The summed E-state index contributed by atoms with van der Waals surface area (Å²) in [5.74, 6) is 0. The third kappa shape index (κ3) is 3.34. The summed E-state index contributed by atoms with van der Waals surface area (Å²) >= 11 is 8.82. The summed E-state index contributed by atoms with van der Waals surface area (Å²) in [6, 6.07) is 5.03. The van der Waals surface area contributed by atoms with Crippen molar-refractivity contribution in [2.45, 2.75) is 0 Å². The van der Waals surface area contributed by atoms with Crippen LogP contribution in [-0.2, 0) is 0 Å². The van der Waals surface area contributed by atoms with E-state index in [4.69, 9.17) is 16.7 Å². The van der Waals surface area contributed by atoms with Crippen LogP contribution in [0.1, 0.15) is 10.4 Å². The Morgan fingerprint density at radius 3 is 2.50 bits per heavy atom. The van der Waals surface area contributed by atoms with Gasteiger partial charge >= 0.3 is 0 Å². The molecule has 0 saturated heterocycles. The Kier molecular flexibility index (Phi) is 5.98. The number of aliphatic hydroxyl groups excluding tert-OH is 1. The lowest BCUT2D eigenvalue weighted by Gasteiger charge is -1.94. The first kappa shape index (κ1) is 11.6. The van der Waals surface area contributed by atoms with Crippen molar-refractivity contribution in [3.63, 3.8) is 0 Å². The van der Waals surface area contributed by atoms with E-state index < -0.39 is 0 Å². The van der Waals surface area contributed by atoms with E-state index in [1.807, 2.05) is 0 Å². The quantitative estimate of drug-likeness (QED) is 0.779. The second-order valence-corrected chi connectivity index (χ2v) is 3.07. The average Bonchev–Trinajstić information content (AvgIpc) is 2.08. The lowest BCUT2D eigenvalue weighted by atomic mass is 10.2. The first-order chi connectivity index (χ1) is 5.74. The Balaban J connectivity index is 0.000000561. The molecular formula is C8H8BrClO2. The van der Waals surface area contributed by atoms with E-state index in [9.17, 15) is 4.79 Å². The number of carbonyl (C=O) groups is 1. The summed E-state index contributed by atoms with van der Waals surface area (Å²) in [7, 11) is 1.00. The Morgan fingerprint density at radius 1 is 1.50 bits per heavy atom. The van der Waals surface area contributed by atoms with Gasteiger partial charge < -0.3 is 5.11 Å². The SMILES string of the molecule is CO.O=Cc1ccc(Cl)cc1Br. The summed E-state index contributed by atoms with van der Waals surface area (Å²) in [4.78, 5) is 10.3. The fourth-order valence-electron chi connectivity index (χ4n) is 0.597. The standard InChI is InChI=1S/C7H4BrClO.CH4O/c8-7-3-6(9)2-1-5(7)4-10;1-2/h1-4H;2H,1H3. The first-order valence-corrected chi connectivity index (χ1v) is 4.26. The summed E-state index contributed by atoms with van der Waals surface area (Å²) < 4.78 is 0.731. The average molecular weight is 252 g/mol. The molecule has 0 saturated carbocycles. The van der Waals surface area contributed by atoms with Crippen molar-refractivity contribution in [3.05, 3.63) is 33.3 Å². The van der Waals surface area contributed by atoms with Crippen molar-refractivity contribution in [1.82, 2.24) is 0 Å². The zero-order chi connectivity index (χ0) is 9.56. The molecule has 66 valence electrons. The van der Waals surface area contributed by atoms with E-state index in [0.717, 1.165) is 17.9 Å². The van der Waals surface area contributed by atoms with Gasteiger partial charge in [-0.05, 0) is 18.2 Å². The molecule has 0 heterocycles. The lowest BCUT2D eigenvalue weighted by molar-refractivity contribution is 0.112. The van der Waals surface area contributed by atoms with Crippen LogP contribution in [0.15, 0.2) is 22.7 Å². The van der Waals surface area contributed by atoms with Crippen LogP contribution in [-0.4, -0.2) is 18.5 Å². The molecule has 0 aliphatic carbocycles. The number of rotatable bonds is 1. The molecule has 0 bridgehead atoms. The molecular weight excluding hydrogens is 243 g/mol. The highest BCUT2D eigenvalue weighted by Crippen LogP contribution is 2.19. The molecule has 0 atom stereocenters. The highest BCUT2D eigenvalue weighted by atomic mass is 79.9. The first-order valence-electron chi connectivity index (χ1n) is 3.09. The number of hydrogen-bond acceptors (Lipinski definition) is 2. The van der Waals surface area contributed by atoms with E-state index >= 15 is 0 Å². The highest BCUT2D eigenvalue weighted by Gasteiger charge is 1.96. The molecule has 1 N–H and O–H groups in total. The Labute approximate surface area is 84.3 Å². The number of halogens is 2. The molecule has 0 radical (unpaired) electrons. The summed E-state index contributed by atoms with van der Waals surface area (Å²) in [6.45, 7) is 0. The normalized spacial score (nSPS) is 8.33. The van der Waals surface area contributed by atoms with Crippen LogP contribution in [0.5, 0.6) is 0 Å². The molecule has 0 unspecified atom stereocenters. The second-order valence-electron chi connectivity index (χ2n) is 1.78. The monoisotopic (exact) mass is 250 g/mol. The highest BCUT2D eigenvalue weighted by molar-refractivity contribution is 9.10. The number of carbonyl (C=O) groups excluding carboxylic acids is 1. The minimum atomic E-state index is 0.615. The lowest BCUT2D eigenvalue weighted by Crippen LogP contribution is -1.79. The summed E-state index contributed by atoms with van der Waals surface area (Å²) in [5, 5.41) is 7.62. The maximum Gasteiger partial charge on any atom is 0.151 e. The Morgan fingerprint density at radius 2 is 2.08 bits per heavy atom. The van der Waals surface area contributed by atoms with Crippen molar-refractivity contribution < 1.29 is 9.90 Å². The van der Waals surface area contributed by atoms with Gasteiger partial charge in [0.1, 0.15) is 0 Å². The van der Waals surface area contributed by atoms with Gasteiger partial charge in [-0.2, -0.15) is 0 Å². The molecule has 0 spiro atoms. The van der Waals surface area contributed by atoms with Crippen LogP contribution in [0.2, 0.25) is 5.02 Å². The molecule has 12 heavy (non-hydrogen) atoms. The molecule has 1 aromatic rings. The molecule has 0 fully saturated rings. The van der Waals surface area contributed by atoms with E-state index in [-0.39, 0.29) is 0 Å². The van der Waals surface area contributed by atoms with Gasteiger partial charge in [-0.1, -0.05) is 27.5 Å². The van der Waals surface area contributed by atoms with Crippen molar-refractivity contribution in [3.8, 4) is 0 Å². The van der Waals surface area contributed by atoms with Gasteiger partial charge in [0, 0.05) is 22.2 Å². The topological polar surface area (TPSA) is 37.3 Å². The largest absolute Gasteiger partial charge is 0.400 e. The molecule has 0 aliphatic heterocycles. The van der Waals surface area contributed by atoms with E-state index in [2.05, 4.69) is 15.9 Å². The summed E-state index contributed by atoms with van der Waals surface area (Å²) in [5.41, 5.74) is 0.615. The molecule has 2 nitrogen and oxygen atoms in total. The van der Waals surface area contributed by atoms with Crippen LogP contribution < -0.4 is 0 Å². The number of hydrogen-bond donors (Lipinski definition) is 1. The van der Waals surface area contributed by atoms with Gasteiger partial charge in [0.2, 0.25) is 0 Å². The fraction of sp³-hybridized carbons (Fsp3) is 0.125. The third-order valence-corrected chi connectivity index (χ3v) is 2.01. The zero-order valence-corrected chi connectivity index (χ0v) is 8.76. The molecule has 1 aromatic carbocycles. The number of aliphatic hydroxyl groups is 1. The van der Waals surface area contributed by atoms with Gasteiger partial charge in [-0.25, -0.2) is 0 Å². The van der Waals surface area contributed by atoms with Crippen molar-refractivity contribution in [2.75, 3.05) is 7.11 Å². The van der Waals surface area contributed by atoms with Crippen molar-refractivity contribution >= 4 is 33.8 Å². The van der Waals surface area contributed by atoms with Crippen LogP contribution >= 0.6 is 27.5 Å².